The average Bonchev–Trinajstić information content (AvgIpc) is 1.93. The van der Waals surface area contributed by atoms with E-state index < -0.39 is 30.1 Å². The van der Waals surface area contributed by atoms with Crippen LogP contribution in [-0.4, -0.2) is 19.5 Å². The van der Waals surface area contributed by atoms with Crippen LogP contribution >= 0.6 is 0 Å². The molecule has 0 amide bonds. The van der Waals surface area contributed by atoms with Crippen molar-refractivity contribution in [3.63, 3.8) is 0 Å². The van der Waals surface area contributed by atoms with Gasteiger partial charge in [-0.05, 0) is 0 Å². The van der Waals surface area contributed by atoms with Crippen LogP contribution in [0.2, 0.25) is 0 Å². The lowest BCUT2D eigenvalue weighted by Crippen LogP contribution is -2.38. The summed E-state index contributed by atoms with van der Waals surface area (Å²) in [7, 11) is 0.305. The molecule has 0 unspecified atom stereocenters. The second kappa shape index (κ2) is 4.23. The highest BCUT2D eigenvalue weighted by Crippen LogP contribution is 2.44. The molecule has 0 aromatic heterocycles. The van der Waals surface area contributed by atoms with Crippen LogP contribution in [0.25, 0.3) is 0 Å². The van der Waals surface area contributed by atoms with E-state index in [1.165, 1.54) is 0 Å². The van der Waals surface area contributed by atoms with Gasteiger partial charge in [0.2, 0.25) is 5.92 Å². The third-order valence-electron chi connectivity index (χ3n) is 1.32. The molecule has 0 bridgehead atoms. The first-order chi connectivity index (χ1) is 6.51. The van der Waals surface area contributed by atoms with Gasteiger partial charge in [-0.2, -0.15) is 35.1 Å². The van der Waals surface area contributed by atoms with Gasteiger partial charge in [0.1, 0.15) is 0 Å². The largest absolute Gasteiger partial charge is 0.495 e. The molecule has 0 saturated carbocycles. The number of methoxy groups -OCH3 is 1. The van der Waals surface area contributed by atoms with Crippen LogP contribution in [0.15, 0.2) is 11.8 Å². The fourth-order valence-corrected chi connectivity index (χ4v) is 0.787. The van der Waals surface area contributed by atoms with Gasteiger partial charge in [-0.15, -0.1) is 0 Å². The van der Waals surface area contributed by atoms with Gasteiger partial charge in [-0.3, -0.25) is 0 Å². The Labute approximate surface area is 78.3 Å². The molecule has 0 N–H and O–H groups in total. The first kappa shape index (κ1) is 14.0. The lowest BCUT2D eigenvalue weighted by Gasteiger charge is -2.23. The van der Waals surface area contributed by atoms with E-state index in [2.05, 4.69) is 4.74 Å². The Morgan fingerprint density at radius 2 is 1.27 bits per heavy atom. The Kier molecular flexibility index (Phi) is 3.94. The molecular weight excluding hydrogens is 240 g/mol. The molecule has 0 aromatic carbocycles. The molecule has 9 heteroatoms. The lowest BCUT2D eigenvalue weighted by molar-refractivity contribution is -0.280. The van der Waals surface area contributed by atoms with Crippen LogP contribution in [0.1, 0.15) is 0 Å². The molecule has 0 saturated heterocycles. The maximum Gasteiger partial charge on any atom is 0.407 e. The molecule has 15 heavy (non-hydrogen) atoms. The van der Waals surface area contributed by atoms with Crippen molar-refractivity contribution < 1.29 is 39.9 Å². The Morgan fingerprint density at radius 3 is 1.33 bits per heavy atom. The number of hydrogen-bond acceptors (Lipinski definition) is 1. The molecule has 0 aliphatic heterocycles. The van der Waals surface area contributed by atoms with E-state index in [-0.39, 0.29) is 0 Å². The van der Waals surface area contributed by atoms with Crippen LogP contribution in [-0.2, 0) is 4.74 Å². The molecule has 0 heterocycles. The van der Waals surface area contributed by atoms with E-state index in [9.17, 15) is 35.1 Å². The van der Waals surface area contributed by atoms with E-state index in [0.717, 1.165) is 0 Å². The fourth-order valence-electron chi connectivity index (χ4n) is 0.787. The molecule has 0 spiro atoms. The molecule has 0 aromatic rings. The Morgan fingerprint density at radius 1 is 0.933 bits per heavy atom. The molecule has 1 nitrogen and oxygen atoms in total. The highest BCUT2D eigenvalue weighted by Gasteiger charge is 2.60. The summed E-state index contributed by atoms with van der Waals surface area (Å²) in [5, 5.41) is 0. The number of alkyl halides is 6. The maximum atomic E-state index is 11.8. The highest BCUT2D eigenvalue weighted by molar-refractivity contribution is 5.05. The summed E-state index contributed by atoms with van der Waals surface area (Å²) < 4.78 is 98.0. The minimum Gasteiger partial charge on any atom is -0.495 e. The number of halogens is 8. The summed E-state index contributed by atoms with van der Waals surface area (Å²) in [5.41, 5.74) is 0. The van der Waals surface area contributed by atoms with Gasteiger partial charge in [0, 0.05) is 0 Å². The zero-order valence-corrected chi connectivity index (χ0v) is 7.01. The second-order valence-corrected chi connectivity index (χ2v) is 2.35. The summed E-state index contributed by atoms with van der Waals surface area (Å²) in [6.07, 6.45) is -14.9. The van der Waals surface area contributed by atoms with Crippen molar-refractivity contribution in [2.75, 3.05) is 7.11 Å². The number of hydrogen-bond donors (Lipinski definition) is 0. The monoisotopic (exact) mass is 244 g/mol. The fraction of sp³-hybridized carbons (Fsp3) is 0.667. The van der Waals surface area contributed by atoms with Crippen molar-refractivity contribution in [2.24, 2.45) is 5.92 Å². The van der Waals surface area contributed by atoms with Gasteiger partial charge < -0.3 is 4.74 Å². The molecular formula is C6H4F8O. The summed E-state index contributed by atoms with van der Waals surface area (Å²) in [4.78, 5) is 0. The zero-order valence-electron chi connectivity index (χ0n) is 7.01. The first-order valence-corrected chi connectivity index (χ1v) is 3.24. The van der Waals surface area contributed by atoms with E-state index in [0.29, 0.717) is 7.11 Å². The van der Waals surface area contributed by atoms with Crippen molar-refractivity contribution >= 4 is 0 Å². The third kappa shape index (κ3) is 3.56. The molecule has 0 aliphatic carbocycles. The minimum atomic E-state index is -5.88. The molecule has 0 radical (unpaired) electrons. The van der Waals surface area contributed by atoms with Crippen molar-refractivity contribution in [2.45, 2.75) is 12.4 Å². The van der Waals surface area contributed by atoms with Crippen LogP contribution in [0, 0.1) is 5.92 Å². The van der Waals surface area contributed by atoms with Gasteiger partial charge in [0.15, 0.2) is 5.76 Å². The van der Waals surface area contributed by atoms with Crippen molar-refractivity contribution in [3.8, 4) is 0 Å². The standard InChI is InChI=1S/C6H4F8O/c1-15-2(4(7)8)3(5(9,10)11)6(12,13)14/h3H,1H3. The first-order valence-electron chi connectivity index (χ1n) is 3.24. The van der Waals surface area contributed by atoms with Crippen molar-refractivity contribution in [3.05, 3.63) is 11.8 Å². The van der Waals surface area contributed by atoms with Crippen molar-refractivity contribution in [1.82, 2.24) is 0 Å². The summed E-state index contributed by atoms with van der Waals surface area (Å²) in [6, 6.07) is 0. The summed E-state index contributed by atoms with van der Waals surface area (Å²) in [5.74, 6) is -6.74. The molecule has 0 rings (SSSR count). The van der Waals surface area contributed by atoms with Gasteiger partial charge in [0.05, 0.1) is 7.11 Å². The number of ether oxygens (including phenoxy) is 1. The Bertz CT molecular complexity index is 231. The predicted molar refractivity (Wildman–Crippen MR) is 31.9 cm³/mol. The molecule has 0 aliphatic rings. The normalized spacial score (nSPS) is 12.9. The highest BCUT2D eigenvalue weighted by atomic mass is 19.4. The van der Waals surface area contributed by atoms with Gasteiger partial charge >= 0.3 is 18.4 Å². The zero-order chi connectivity index (χ0) is 12.4. The smallest absolute Gasteiger partial charge is 0.407 e. The number of rotatable bonds is 2. The average molecular weight is 244 g/mol. The minimum absolute atomic E-state index is 0.305. The van der Waals surface area contributed by atoms with Gasteiger partial charge in [-0.1, -0.05) is 0 Å². The second-order valence-electron chi connectivity index (χ2n) is 2.35. The Hall–Kier alpha value is -1.02. The topological polar surface area (TPSA) is 9.23 Å². The quantitative estimate of drug-likeness (QED) is 0.533. The van der Waals surface area contributed by atoms with Crippen molar-refractivity contribution in [1.29, 1.82) is 0 Å². The van der Waals surface area contributed by atoms with Gasteiger partial charge in [0.25, 0.3) is 0 Å². The maximum absolute atomic E-state index is 11.8. The van der Waals surface area contributed by atoms with Crippen LogP contribution in [0.3, 0.4) is 0 Å². The predicted octanol–water partition coefficient (Wildman–Crippen LogP) is 3.48. The van der Waals surface area contributed by atoms with Gasteiger partial charge in [-0.25, -0.2) is 0 Å². The van der Waals surface area contributed by atoms with E-state index >= 15 is 0 Å². The van der Waals surface area contributed by atoms with E-state index in [1.54, 1.807) is 0 Å². The van der Waals surface area contributed by atoms with E-state index in [4.69, 9.17) is 0 Å². The molecule has 0 atom stereocenters. The van der Waals surface area contributed by atoms with Crippen LogP contribution in [0.4, 0.5) is 35.1 Å². The third-order valence-corrected chi connectivity index (χ3v) is 1.32. The summed E-state index contributed by atoms with van der Waals surface area (Å²) >= 11 is 0. The van der Waals surface area contributed by atoms with Crippen LogP contribution < -0.4 is 0 Å². The number of allylic oxidation sites excluding steroid dienone is 1. The summed E-state index contributed by atoms with van der Waals surface area (Å²) in [6.45, 7) is 0. The molecule has 90 valence electrons. The lowest BCUT2D eigenvalue weighted by atomic mass is 10.1. The van der Waals surface area contributed by atoms with E-state index in [1.807, 2.05) is 0 Å². The molecule has 0 fully saturated rings. The van der Waals surface area contributed by atoms with Crippen LogP contribution in [0.5, 0.6) is 0 Å². The SMILES string of the molecule is COC(=C(F)F)C(C(F)(F)F)C(F)(F)F. The Balaban J connectivity index is 5.42.